The van der Waals surface area contributed by atoms with Crippen LogP contribution >= 0.6 is 11.3 Å². The van der Waals surface area contributed by atoms with Gasteiger partial charge < -0.3 is 5.32 Å². The lowest BCUT2D eigenvalue weighted by molar-refractivity contribution is -0.120. The Balaban J connectivity index is 1.28. The molecule has 4 aromatic rings. The van der Waals surface area contributed by atoms with E-state index in [1.807, 2.05) is 31.2 Å². The fourth-order valence-electron chi connectivity index (χ4n) is 4.03. The van der Waals surface area contributed by atoms with Crippen molar-refractivity contribution < 1.29 is 17.6 Å². The van der Waals surface area contributed by atoms with Gasteiger partial charge in [-0.1, -0.05) is 23.5 Å². The maximum absolute atomic E-state index is 13.2. The van der Waals surface area contributed by atoms with Crippen LogP contribution in [0.1, 0.15) is 18.5 Å². The molecule has 1 saturated heterocycles. The lowest BCUT2D eigenvalue weighted by Crippen LogP contribution is -2.41. The molecule has 2 aromatic carbocycles. The Morgan fingerprint density at radius 3 is 2.53 bits per heavy atom. The summed E-state index contributed by atoms with van der Waals surface area (Å²) in [5.74, 6) is -0.475. The quantitative estimate of drug-likeness (QED) is 0.448. The zero-order chi connectivity index (χ0) is 23.9. The summed E-state index contributed by atoms with van der Waals surface area (Å²) in [6.07, 6.45) is 0.779. The van der Waals surface area contributed by atoms with Crippen LogP contribution < -0.4 is 5.32 Å². The van der Waals surface area contributed by atoms with Crippen molar-refractivity contribution in [1.82, 2.24) is 19.1 Å². The highest BCUT2D eigenvalue weighted by Crippen LogP contribution is 2.29. The molecule has 0 bridgehead atoms. The number of benzene rings is 2. The third-order valence-corrected chi connectivity index (χ3v) is 8.75. The summed E-state index contributed by atoms with van der Waals surface area (Å²) in [5, 5.41) is 8.11. The molecule has 0 spiro atoms. The monoisotopic (exact) mass is 499 g/mol. The second-order valence-corrected chi connectivity index (χ2v) is 11.1. The molecule has 176 valence electrons. The van der Waals surface area contributed by atoms with E-state index in [-0.39, 0.29) is 29.8 Å². The summed E-state index contributed by atoms with van der Waals surface area (Å²) in [4.78, 5) is 17.7. The second-order valence-electron chi connectivity index (χ2n) is 8.17. The Labute approximate surface area is 200 Å². The molecular formula is C23H22FN5O3S2. The predicted molar refractivity (Wildman–Crippen MR) is 128 cm³/mol. The number of aromatic nitrogens is 3. The van der Waals surface area contributed by atoms with Crippen molar-refractivity contribution in [3.05, 3.63) is 66.1 Å². The van der Waals surface area contributed by atoms with Gasteiger partial charge in [-0.2, -0.15) is 14.1 Å². The third-order valence-electron chi connectivity index (χ3n) is 5.82. The number of carbonyl (C=O) groups excluding carboxylic acids is 1. The first-order valence-corrected chi connectivity index (χ1v) is 13.1. The number of nitrogens with zero attached hydrogens (tertiary/aromatic N) is 4. The molecule has 8 nitrogen and oxygen atoms in total. The van der Waals surface area contributed by atoms with E-state index in [1.165, 1.54) is 27.8 Å². The highest BCUT2D eigenvalue weighted by Gasteiger charge is 2.32. The molecule has 5 rings (SSSR count). The summed E-state index contributed by atoms with van der Waals surface area (Å²) in [5.41, 5.74) is 1.61. The predicted octanol–water partition coefficient (Wildman–Crippen LogP) is 3.97. The van der Waals surface area contributed by atoms with Gasteiger partial charge in [-0.15, -0.1) is 0 Å². The summed E-state index contributed by atoms with van der Waals surface area (Å²) >= 11 is 1.48. The molecule has 1 fully saturated rings. The molecule has 3 heterocycles. The molecule has 0 aliphatic carbocycles. The van der Waals surface area contributed by atoms with E-state index in [1.54, 1.807) is 10.7 Å². The van der Waals surface area contributed by atoms with Gasteiger partial charge in [0.25, 0.3) is 0 Å². The minimum absolute atomic E-state index is 0.0482. The number of hydrogen-bond acceptors (Lipinski definition) is 6. The topological polar surface area (TPSA) is 97.2 Å². The molecule has 1 aliphatic heterocycles. The van der Waals surface area contributed by atoms with Crippen molar-refractivity contribution in [1.29, 1.82) is 0 Å². The summed E-state index contributed by atoms with van der Waals surface area (Å²) in [6, 6.07) is 14.3. The largest absolute Gasteiger partial charge is 0.310 e. The summed E-state index contributed by atoms with van der Waals surface area (Å²) in [6.45, 7) is 2.28. The van der Waals surface area contributed by atoms with Crippen LogP contribution in [0.5, 0.6) is 0 Å². The zero-order valence-corrected chi connectivity index (χ0v) is 19.9. The number of nitrogens with one attached hydrogen (secondary N) is 1. The van der Waals surface area contributed by atoms with Crippen LogP contribution in [0.4, 0.5) is 10.2 Å². The van der Waals surface area contributed by atoms with Gasteiger partial charge in [-0.05, 0) is 56.2 Å². The minimum Gasteiger partial charge on any atom is -0.310 e. The Hall–Kier alpha value is -3.15. The Morgan fingerprint density at radius 2 is 1.82 bits per heavy atom. The van der Waals surface area contributed by atoms with Gasteiger partial charge >= 0.3 is 0 Å². The average Bonchev–Trinajstić information content (AvgIpc) is 3.42. The number of carbonyl (C=O) groups is 1. The van der Waals surface area contributed by atoms with Crippen molar-refractivity contribution in [2.45, 2.75) is 24.7 Å². The van der Waals surface area contributed by atoms with Crippen molar-refractivity contribution in [2.24, 2.45) is 5.92 Å². The van der Waals surface area contributed by atoms with E-state index in [0.29, 0.717) is 23.8 Å². The SMILES string of the molecule is Cc1cc(NC(=O)C2CCN(S(=O)(=O)c3ccc(F)cc3)CC2)n(-c2nc3ccccc3s2)n1. The molecule has 0 radical (unpaired) electrons. The molecular weight excluding hydrogens is 477 g/mol. The first kappa shape index (κ1) is 22.6. The van der Waals surface area contributed by atoms with Crippen LogP contribution in [0.2, 0.25) is 0 Å². The number of fused-ring (bicyclic) bond motifs is 1. The van der Waals surface area contributed by atoms with Crippen molar-refractivity contribution in [3.63, 3.8) is 0 Å². The minimum atomic E-state index is -3.73. The fourth-order valence-corrected chi connectivity index (χ4v) is 6.43. The molecule has 2 aromatic heterocycles. The fraction of sp³-hybridized carbons (Fsp3) is 0.261. The van der Waals surface area contributed by atoms with E-state index < -0.39 is 15.8 Å². The number of thiazole rings is 1. The van der Waals surface area contributed by atoms with E-state index in [9.17, 15) is 17.6 Å². The Morgan fingerprint density at radius 1 is 1.12 bits per heavy atom. The van der Waals surface area contributed by atoms with E-state index in [2.05, 4.69) is 15.4 Å². The molecule has 0 saturated carbocycles. The molecule has 34 heavy (non-hydrogen) atoms. The first-order chi connectivity index (χ1) is 16.3. The number of piperidine rings is 1. The lowest BCUT2D eigenvalue weighted by atomic mass is 9.97. The number of sulfonamides is 1. The van der Waals surface area contributed by atoms with Gasteiger partial charge in [0.1, 0.15) is 11.6 Å². The third kappa shape index (κ3) is 4.33. The van der Waals surface area contributed by atoms with Crippen LogP contribution in [-0.2, 0) is 14.8 Å². The van der Waals surface area contributed by atoms with Gasteiger partial charge in [0, 0.05) is 25.1 Å². The maximum atomic E-state index is 13.2. The van der Waals surface area contributed by atoms with Gasteiger partial charge in [-0.25, -0.2) is 17.8 Å². The van der Waals surface area contributed by atoms with Crippen molar-refractivity contribution >= 4 is 43.3 Å². The molecule has 1 amide bonds. The van der Waals surface area contributed by atoms with Gasteiger partial charge in [-0.3, -0.25) is 4.79 Å². The van der Waals surface area contributed by atoms with Crippen LogP contribution in [0.3, 0.4) is 0 Å². The Kier molecular flexibility index (Phi) is 5.92. The highest BCUT2D eigenvalue weighted by atomic mass is 32.2. The van der Waals surface area contributed by atoms with Crippen LogP contribution in [0, 0.1) is 18.7 Å². The van der Waals surface area contributed by atoms with Crippen molar-refractivity contribution in [2.75, 3.05) is 18.4 Å². The summed E-state index contributed by atoms with van der Waals surface area (Å²) in [7, 11) is -3.73. The number of rotatable bonds is 5. The zero-order valence-electron chi connectivity index (χ0n) is 18.3. The molecule has 1 N–H and O–H groups in total. The number of para-hydroxylation sites is 1. The van der Waals surface area contributed by atoms with Crippen LogP contribution in [-0.4, -0.2) is 46.5 Å². The maximum Gasteiger partial charge on any atom is 0.243 e. The van der Waals surface area contributed by atoms with Gasteiger partial charge in [0.15, 0.2) is 0 Å². The smallest absolute Gasteiger partial charge is 0.243 e. The van der Waals surface area contributed by atoms with Crippen LogP contribution in [0.25, 0.3) is 15.3 Å². The molecule has 0 unspecified atom stereocenters. The van der Waals surface area contributed by atoms with Gasteiger partial charge in [0.05, 0.1) is 20.8 Å². The molecule has 1 aliphatic rings. The molecule has 0 atom stereocenters. The summed E-state index contributed by atoms with van der Waals surface area (Å²) < 4.78 is 42.8. The lowest BCUT2D eigenvalue weighted by Gasteiger charge is -2.30. The average molecular weight is 500 g/mol. The number of halogens is 1. The Bertz CT molecular complexity index is 1420. The standard InChI is InChI=1S/C23H22FN5O3S2/c1-15-14-21(29(27-15)23-25-19-4-2-3-5-20(19)33-23)26-22(30)16-10-12-28(13-11-16)34(31,32)18-8-6-17(24)7-9-18/h2-9,14,16H,10-13H2,1H3,(H,26,30). The first-order valence-electron chi connectivity index (χ1n) is 10.8. The number of aryl methyl sites for hydroxylation is 1. The normalized spacial score (nSPS) is 15.6. The van der Waals surface area contributed by atoms with Gasteiger partial charge in [0.2, 0.25) is 21.1 Å². The van der Waals surface area contributed by atoms with E-state index >= 15 is 0 Å². The molecule has 11 heteroatoms. The number of hydrogen-bond donors (Lipinski definition) is 1. The van der Waals surface area contributed by atoms with Crippen LogP contribution in [0.15, 0.2) is 59.5 Å². The second kappa shape index (κ2) is 8.90. The van der Waals surface area contributed by atoms with E-state index in [0.717, 1.165) is 28.0 Å². The number of amides is 1. The highest BCUT2D eigenvalue weighted by molar-refractivity contribution is 7.89. The number of anilines is 1. The van der Waals surface area contributed by atoms with Crippen molar-refractivity contribution in [3.8, 4) is 5.13 Å². The van der Waals surface area contributed by atoms with E-state index in [4.69, 9.17) is 0 Å².